The second kappa shape index (κ2) is 6.56. The van der Waals surface area contributed by atoms with E-state index in [0.717, 1.165) is 30.6 Å². The topological polar surface area (TPSA) is 79.2 Å². The normalized spacial score (nSPS) is 24.9. The van der Waals surface area contributed by atoms with E-state index in [1.165, 1.54) is 6.42 Å². The molecular formula is C18H22N2O3S. The zero-order chi connectivity index (χ0) is 17.4. The molecule has 24 heavy (non-hydrogen) atoms. The van der Waals surface area contributed by atoms with Gasteiger partial charge in [-0.05, 0) is 57.4 Å². The minimum absolute atomic E-state index is 0.0104. The van der Waals surface area contributed by atoms with Gasteiger partial charge >= 0.3 is 5.97 Å². The third kappa shape index (κ3) is 3.05. The fourth-order valence-electron chi connectivity index (χ4n) is 3.97. The number of nitrogens with zero attached hydrogens (tertiary/aromatic N) is 1. The van der Waals surface area contributed by atoms with Gasteiger partial charge in [-0.1, -0.05) is 6.42 Å². The van der Waals surface area contributed by atoms with Crippen LogP contribution in [-0.2, 0) is 9.53 Å². The lowest BCUT2D eigenvalue weighted by Crippen LogP contribution is -2.27. The number of nitrogens with one attached hydrogen (secondary N) is 1. The van der Waals surface area contributed by atoms with Crippen molar-refractivity contribution < 1.29 is 14.3 Å². The van der Waals surface area contributed by atoms with Crippen LogP contribution in [0.4, 0.5) is 5.00 Å². The van der Waals surface area contributed by atoms with Crippen molar-refractivity contribution in [3.05, 3.63) is 16.0 Å². The smallest absolute Gasteiger partial charge is 0.348 e. The van der Waals surface area contributed by atoms with E-state index < -0.39 is 5.97 Å². The Morgan fingerprint density at radius 3 is 2.62 bits per heavy atom. The standard InChI is InChI=1S/C18H22N2O3S/c1-9(2)23-18(22)15-10(3)14(8-19)17(24-15)20-16(21)13-7-11-4-5-12(13)6-11/h9,11-13H,4-7H2,1-3H3,(H,20,21)/t11-,12+,13+/m0/s1. The monoisotopic (exact) mass is 346 g/mol. The SMILES string of the molecule is Cc1c(C(=O)OC(C)C)sc(NC(=O)[C@@H]2C[C@H]3CC[C@@H]2C3)c1C#N. The number of amides is 1. The fourth-order valence-corrected chi connectivity index (χ4v) is 5.01. The number of carbonyl (C=O) groups excluding carboxylic acids is 2. The van der Waals surface area contributed by atoms with Gasteiger partial charge in [0.05, 0.1) is 11.7 Å². The first-order chi connectivity index (χ1) is 11.4. The van der Waals surface area contributed by atoms with Gasteiger partial charge < -0.3 is 10.1 Å². The maximum Gasteiger partial charge on any atom is 0.348 e. The molecule has 2 fully saturated rings. The van der Waals surface area contributed by atoms with E-state index in [-0.39, 0.29) is 17.9 Å². The van der Waals surface area contributed by atoms with Crippen molar-refractivity contribution in [3.8, 4) is 6.07 Å². The Balaban J connectivity index is 1.79. The van der Waals surface area contributed by atoms with Crippen LogP contribution in [0.5, 0.6) is 0 Å². The molecule has 0 aliphatic heterocycles. The second-order valence-electron chi connectivity index (χ2n) is 7.10. The number of ether oxygens (including phenoxy) is 1. The molecule has 3 atom stereocenters. The zero-order valence-corrected chi connectivity index (χ0v) is 15.0. The average Bonchev–Trinajstić information content (AvgIpc) is 3.21. The van der Waals surface area contributed by atoms with E-state index in [9.17, 15) is 14.9 Å². The molecule has 2 aliphatic carbocycles. The van der Waals surface area contributed by atoms with Crippen molar-refractivity contribution in [1.82, 2.24) is 0 Å². The van der Waals surface area contributed by atoms with Gasteiger partial charge in [0.15, 0.2) is 0 Å². The molecule has 0 aromatic carbocycles. The number of hydrogen-bond acceptors (Lipinski definition) is 5. The van der Waals surface area contributed by atoms with Gasteiger partial charge in [-0.15, -0.1) is 11.3 Å². The number of rotatable bonds is 4. The number of carbonyl (C=O) groups is 2. The van der Waals surface area contributed by atoms with Crippen LogP contribution in [0.1, 0.15) is 60.3 Å². The van der Waals surface area contributed by atoms with E-state index in [1.54, 1.807) is 20.8 Å². The highest BCUT2D eigenvalue weighted by Gasteiger charge is 2.43. The molecule has 5 nitrogen and oxygen atoms in total. The van der Waals surface area contributed by atoms with Crippen LogP contribution in [0.15, 0.2) is 0 Å². The summed E-state index contributed by atoms with van der Waals surface area (Å²) >= 11 is 1.14. The lowest BCUT2D eigenvalue weighted by molar-refractivity contribution is -0.121. The number of esters is 1. The molecule has 6 heteroatoms. The molecule has 0 saturated heterocycles. The Kier molecular flexibility index (Phi) is 4.64. The summed E-state index contributed by atoms with van der Waals surface area (Å²) in [5.41, 5.74) is 0.948. The van der Waals surface area contributed by atoms with Crippen molar-refractivity contribution in [2.24, 2.45) is 17.8 Å². The predicted octanol–water partition coefficient (Wildman–Crippen LogP) is 3.87. The van der Waals surface area contributed by atoms with E-state index >= 15 is 0 Å². The summed E-state index contributed by atoms with van der Waals surface area (Å²) < 4.78 is 5.22. The fraction of sp³-hybridized carbons (Fsp3) is 0.611. The maximum absolute atomic E-state index is 12.6. The highest BCUT2D eigenvalue weighted by molar-refractivity contribution is 7.18. The second-order valence-corrected chi connectivity index (χ2v) is 8.12. The minimum Gasteiger partial charge on any atom is -0.459 e. The van der Waals surface area contributed by atoms with E-state index in [2.05, 4.69) is 11.4 Å². The van der Waals surface area contributed by atoms with Gasteiger partial charge in [0.1, 0.15) is 15.9 Å². The van der Waals surface area contributed by atoms with Gasteiger partial charge in [-0.2, -0.15) is 5.26 Å². The minimum atomic E-state index is -0.440. The lowest BCUT2D eigenvalue weighted by atomic mass is 9.88. The Morgan fingerprint density at radius 1 is 1.33 bits per heavy atom. The molecule has 3 rings (SSSR count). The molecule has 1 N–H and O–H groups in total. The van der Waals surface area contributed by atoms with Crippen LogP contribution in [-0.4, -0.2) is 18.0 Å². The molecule has 1 amide bonds. The molecule has 128 valence electrons. The van der Waals surface area contributed by atoms with Crippen molar-refractivity contribution in [2.45, 2.75) is 52.6 Å². The molecule has 1 heterocycles. The molecule has 0 unspecified atom stereocenters. The summed E-state index contributed by atoms with van der Waals surface area (Å²) in [5, 5.41) is 12.8. The van der Waals surface area contributed by atoms with Crippen LogP contribution in [0.3, 0.4) is 0 Å². The van der Waals surface area contributed by atoms with E-state index in [4.69, 9.17) is 4.74 Å². The lowest BCUT2D eigenvalue weighted by Gasteiger charge is -2.20. The maximum atomic E-state index is 12.6. The third-order valence-electron chi connectivity index (χ3n) is 5.10. The van der Waals surface area contributed by atoms with Crippen LogP contribution in [0, 0.1) is 36.0 Å². The van der Waals surface area contributed by atoms with Crippen LogP contribution in [0.25, 0.3) is 0 Å². The first-order valence-corrected chi connectivity index (χ1v) is 9.27. The first kappa shape index (κ1) is 17.0. The van der Waals surface area contributed by atoms with Gasteiger partial charge in [0.25, 0.3) is 0 Å². The van der Waals surface area contributed by atoms with Crippen molar-refractivity contribution in [2.75, 3.05) is 5.32 Å². The van der Waals surface area contributed by atoms with Gasteiger partial charge in [0, 0.05) is 5.92 Å². The summed E-state index contributed by atoms with van der Waals surface area (Å²) in [4.78, 5) is 25.2. The molecule has 2 saturated carbocycles. The largest absolute Gasteiger partial charge is 0.459 e. The summed E-state index contributed by atoms with van der Waals surface area (Å²) in [6.07, 6.45) is 4.24. The van der Waals surface area contributed by atoms with Gasteiger partial charge in [-0.3, -0.25) is 4.79 Å². The molecular weight excluding hydrogens is 324 g/mol. The van der Waals surface area contributed by atoms with E-state index in [0.29, 0.717) is 32.8 Å². The number of hydrogen-bond donors (Lipinski definition) is 1. The van der Waals surface area contributed by atoms with Gasteiger partial charge in [0.2, 0.25) is 5.91 Å². The van der Waals surface area contributed by atoms with Crippen molar-refractivity contribution >= 4 is 28.2 Å². The highest BCUT2D eigenvalue weighted by atomic mass is 32.1. The van der Waals surface area contributed by atoms with Crippen molar-refractivity contribution in [1.29, 1.82) is 5.26 Å². The predicted molar refractivity (Wildman–Crippen MR) is 91.9 cm³/mol. The molecule has 2 aliphatic rings. The zero-order valence-electron chi connectivity index (χ0n) is 14.2. The Labute approximate surface area is 146 Å². The molecule has 1 aromatic heterocycles. The van der Waals surface area contributed by atoms with Crippen LogP contribution >= 0.6 is 11.3 Å². The number of fused-ring (bicyclic) bond motifs is 2. The van der Waals surface area contributed by atoms with Crippen LogP contribution < -0.4 is 5.32 Å². The number of thiophene rings is 1. The Hall–Kier alpha value is -1.87. The van der Waals surface area contributed by atoms with E-state index in [1.807, 2.05) is 0 Å². The number of anilines is 1. The summed E-state index contributed by atoms with van der Waals surface area (Å²) in [5.74, 6) is 0.756. The van der Waals surface area contributed by atoms with Crippen molar-refractivity contribution in [3.63, 3.8) is 0 Å². The summed E-state index contributed by atoms with van der Waals surface area (Å²) in [6.45, 7) is 5.28. The Morgan fingerprint density at radius 2 is 2.08 bits per heavy atom. The van der Waals surface area contributed by atoms with Crippen LogP contribution in [0.2, 0.25) is 0 Å². The Bertz CT molecular complexity index is 717. The molecule has 0 radical (unpaired) electrons. The summed E-state index contributed by atoms with van der Waals surface area (Å²) in [6, 6.07) is 2.11. The van der Waals surface area contributed by atoms with Gasteiger partial charge in [-0.25, -0.2) is 4.79 Å². The first-order valence-electron chi connectivity index (χ1n) is 8.46. The molecule has 0 spiro atoms. The highest BCUT2D eigenvalue weighted by Crippen LogP contribution is 2.48. The molecule has 2 bridgehead atoms. The number of nitriles is 1. The third-order valence-corrected chi connectivity index (χ3v) is 6.29. The summed E-state index contributed by atoms with van der Waals surface area (Å²) in [7, 11) is 0. The quantitative estimate of drug-likeness (QED) is 0.839. The average molecular weight is 346 g/mol. The molecule has 1 aromatic rings.